The molecule has 3 aromatic rings. The van der Waals surface area contributed by atoms with Gasteiger partial charge in [-0.2, -0.15) is 5.10 Å². The number of nitrogens with zero attached hydrogens (tertiary/aromatic N) is 2. The first-order valence-electron chi connectivity index (χ1n) is 6.36. The summed E-state index contributed by atoms with van der Waals surface area (Å²) >= 11 is 0. The third-order valence-corrected chi connectivity index (χ3v) is 4.55. The van der Waals surface area contributed by atoms with Gasteiger partial charge in [-0.15, -0.1) is 0 Å². The lowest BCUT2D eigenvalue weighted by Crippen LogP contribution is -2.23. The molecule has 0 saturated heterocycles. The minimum Gasteiger partial charge on any atom is -0.300 e. The van der Waals surface area contributed by atoms with Crippen molar-refractivity contribution in [2.45, 2.75) is 11.4 Å². The summed E-state index contributed by atoms with van der Waals surface area (Å²) in [4.78, 5) is 11.4. The largest absolute Gasteiger partial charge is 0.300 e. The molecule has 2 N–H and O–H groups in total. The Bertz CT molecular complexity index is 1040. The zero-order valence-electron chi connectivity index (χ0n) is 11.5. The number of hydrogen-bond donors (Lipinski definition) is 2. The number of aromatic nitrogens is 3. The minimum absolute atomic E-state index is 0.00162. The summed E-state index contributed by atoms with van der Waals surface area (Å²) in [6.45, 7) is -0.352. The van der Waals surface area contributed by atoms with Gasteiger partial charge in [-0.05, 0) is 12.1 Å². The average molecular weight is 340 g/mol. The molecule has 0 spiro atoms. The number of benzene rings is 1. The molecule has 0 aliphatic rings. The van der Waals surface area contributed by atoms with E-state index in [-0.39, 0.29) is 22.5 Å². The molecule has 3 rings (SSSR count). The zero-order valence-corrected chi connectivity index (χ0v) is 12.3. The lowest BCUT2D eigenvalue weighted by atomic mass is 10.2. The van der Waals surface area contributed by atoms with Gasteiger partial charge in [0.05, 0.1) is 0 Å². The van der Waals surface area contributed by atoms with Crippen molar-refractivity contribution in [2.24, 2.45) is 0 Å². The van der Waals surface area contributed by atoms with Crippen LogP contribution in [0.2, 0.25) is 0 Å². The van der Waals surface area contributed by atoms with Crippen LogP contribution in [0.25, 0.3) is 5.52 Å². The van der Waals surface area contributed by atoms with Crippen molar-refractivity contribution in [1.82, 2.24) is 19.3 Å². The Morgan fingerprint density at radius 3 is 2.74 bits per heavy atom. The molecule has 0 fully saturated rings. The van der Waals surface area contributed by atoms with Crippen LogP contribution in [0, 0.1) is 11.6 Å². The number of sulfonamides is 1. The minimum atomic E-state index is -3.98. The van der Waals surface area contributed by atoms with Gasteiger partial charge in [0.1, 0.15) is 28.4 Å². The van der Waals surface area contributed by atoms with Crippen molar-refractivity contribution in [3.05, 3.63) is 64.3 Å². The summed E-state index contributed by atoms with van der Waals surface area (Å²) in [7, 11) is -3.98. The summed E-state index contributed by atoms with van der Waals surface area (Å²) in [6.07, 6.45) is 2.45. The topological polar surface area (TPSA) is 96.3 Å². The van der Waals surface area contributed by atoms with E-state index in [2.05, 4.69) is 14.9 Å². The third kappa shape index (κ3) is 2.98. The highest BCUT2D eigenvalue weighted by Gasteiger charge is 2.18. The maximum atomic E-state index is 13.5. The summed E-state index contributed by atoms with van der Waals surface area (Å²) in [5.74, 6) is -1.60. The Hall–Kier alpha value is -2.59. The summed E-state index contributed by atoms with van der Waals surface area (Å²) in [6, 6.07) is 4.02. The van der Waals surface area contributed by atoms with Gasteiger partial charge in [0, 0.05) is 24.4 Å². The second-order valence-corrected chi connectivity index (χ2v) is 6.48. The Labute approximate surface area is 128 Å². The summed E-state index contributed by atoms with van der Waals surface area (Å²) in [5.41, 5.74) is -0.440. The van der Waals surface area contributed by atoms with E-state index in [1.807, 2.05) is 0 Å². The number of fused-ring (bicyclic) bond motifs is 1. The highest BCUT2D eigenvalue weighted by molar-refractivity contribution is 7.89. The highest BCUT2D eigenvalue weighted by Crippen LogP contribution is 2.14. The quantitative estimate of drug-likeness (QED) is 0.733. The predicted octanol–water partition coefficient (Wildman–Crippen LogP) is 0.779. The van der Waals surface area contributed by atoms with E-state index in [9.17, 15) is 22.0 Å². The van der Waals surface area contributed by atoms with Crippen LogP contribution in [0.5, 0.6) is 0 Å². The first kappa shape index (κ1) is 15.3. The third-order valence-electron chi connectivity index (χ3n) is 3.18. The first-order chi connectivity index (χ1) is 10.9. The molecule has 7 nitrogen and oxygen atoms in total. The number of nitrogens with one attached hydrogen (secondary N) is 2. The molecular formula is C13H10F2N4O3S. The van der Waals surface area contributed by atoms with Crippen molar-refractivity contribution >= 4 is 15.5 Å². The van der Waals surface area contributed by atoms with Crippen molar-refractivity contribution < 1.29 is 17.2 Å². The van der Waals surface area contributed by atoms with E-state index in [0.29, 0.717) is 6.07 Å². The van der Waals surface area contributed by atoms with E-state index in [0.717, 1.165) is 12.1 Å². The second-order valence-electron chi connectivity index (χ2n) is 4.71. The van der Waals surface area contributed by atoms with Crippen LogP contribution in [-0.4, -0.2) is 23.0 Å². The molecule has 23 heavy (non-hydrogen) atoms. The standard InChI is InChI=1S/C13H10F2N4O3S/c14-9-2-1-8(11(15)3-9)5-17-23(21,22)10-4-12-13(20)18-16-7-19(12)6-10/h1-4,6-7,17H,5H2,(H,18,20). The Morgan fingerprint density at radius 1 is 1.26 bits per heavy atom. The normalized spacial score (nSPS) is 11.9. The van der Waals surface area contributed by atoms with Crippen LogP contribution in [0.1, 0.15) is 5.56 Å². The maximum absolute atomic E-state index is 13.5. The van der Waals surface area contributed by atoms with Crippen LogP contribution in [-0.2, 0) is 16.6 Å². The van der Waals surface area contributed by atoms with Crippen molar-refractivity contribution in [1.29, 1.82) is 0 Å². The van der Waals surface area contributed by atoms with Gasteiger partial charge >= 0.3 is 0 Å². The molecule has 0 atom stereocenters. The van der Waals surface area contributed by atoms with Crippen molar-refractivity contribution in [3.63, 3.8) is 0 Å². The highest BCUT2D eigenvalue weighted by atomic mass is 32.2. The summed E-state index contributed by atoms with van der Waals surface area (Å²) in [5, 5.41) is 5.73. The van der Waals surface area contributed by atoms with Gasteiger partial charge in [0.15, 0.2) is 0 Å². The van der Waals surface area contributed by atoms with E-state index in [1.165, 1.54) is 23.0 Å². The van der Waals surface area contributed by atoms with Gasteiger partial charge in [-0.25, -0.2) is 27.0 Å². The molecule has 120 valence electrons. The molecule has 0 radical (unpaired) electrons. The summed E-state index contributed by atoms with van der Waals surface area (Å²) < 4.78 is 54.2. The molecule has 1 aromatic carbocycles. The molecule has 0 bridgehead atoms. The molecule has 0 amide bonds. The van der Waals surface area contributed by atoms with Gasteiger partial charge in [-0.3, -0.25) is 9.20 Å². The Balaban J connectivity index is 1.88. The van der Waals surface area contributed by atoms with E-state index >= 15 is 0 Å². The van der Waals surface area contributed by atoms with Crippen LogP contribution < -0.4 is 10.3 Å². The molecule has 0 aliphatic carbocycles. The van der Waals surface area contributed by atoms with Crippen LogP contribution in [0.4, 0.5) is 8.78 Å². The Kier molecular flexibility index (Phi) is 3.70. The molecule has 10 heteroatoms. The van der Waals surface area contributed by atoms with Crippen LogP contribution in [0.15, 0.2) is 46.5 Å². The number of halogens is 2. The molecule has 2 aromatic heterocycles. The van der Waals surface area contributed by atoms with Gasteiger partial charge in [0.2, 0.25) is 10.0 Å². The SMILES string of the molecule is O=c1[nH]ncn2cc(S(=O)(=O)NCc3ccc(F)cc3F)cc12. The molecular weight excluding hydrogens is 330 g/mol. The fraction of sp³-hybridized carbons (Fsp3) is 0.0769. The van der Waals surface area contributed by atoms with Crippen molar-refractivity contribution in [2.75, 3.05) is 0 Å². The smallest absolute Gasteiger partial charge is 0.288 e. The van der Waals surface area contributed by atoms with Crippen LogP contribution in [0.3, 0.4) is 0 Å². The fourth-order valence-electron chi connectivity index (χ4n) is 2.01. The Morgan fingerprint density at radius 2 is 2.04 bits per heavy atom. The lowest BCUT2D eigenvalue weighted by Gasteiger charge is -2.06. The monoisotopic (exact) mass is 340 g/mol. The lowest BCUT2D eigenvalue weighted by molar-refractivity contribution is 0.562. The maximum Gasteiger partial charge on any atom is 0.288 e. The molecule has 0 saturated carbocycles. The van der Waals surface area contributed by atoms with Crippen LogP contribution >= 0.6 is 0 Å². The zero-order chi connectivity index (χ0) is 16.6. The number of aromatic amines is 1. The predicted molar refractivity (Wildman–Crippen MR) is 76.2 cm³/mol. The van der Waals surface area contributed by atoms with E-state index < -0.39 is 27.2 Å². The fourth-order valence-corrected chi connectivity index (χ4v) is 3.04. The van der Waals surface area contributed by atoms with E-state index in [1.54, 1.807) is 0 Å². The molecule has 0 unspecified atom stereocenters. The number of rotatable bonds is 4. The van der Waals surface area contributed by atoms with Gasteiger partial charge < -0.3 is 0 Å². The average Bonchev–Trinajstić information content (AvgIpc) is 2.93. The van der Waals surface area contributed by atoms with Gasteiger partial charge in [-0.1, -0.05) is 6.07 Å². The van der Waals surface area contributed by atoms with E-state index in [4.69, 9.17) is 0 Å². The number of hydrogen-bond acceptors (Lipinski definition) is 4. The molecule has 2 heterocycles. The number of H-pyrrole nitrogens is 1. The first-order valence-corrected chi connectivity index (χ1v) is 7.84. The second kappa shape index (κ2) is 5.56. The van der Waals surface area contributed by atoms with Crippen molar-refractivity contribution in [3.8, 4) is 0 Å². The molecule has 0 aliphatic heterocycles. The van der Waals surface area contributed by atoms with Gasteiger partial charge in [0.25, 0.3) is 5.56 Å².